The van der Waals surface area contributed by atoms with Gasteiger partial charge in [-0.1, -0.05) is 11.6 Å². The van der Waals surface area contributed by atoms with Gasteiger partial charge in [0.2, 0.25) is 5.91 Å². The lowest BCUT2D eigenvalue weighted by Gasteiger charge is -2.18. The van der Waals surface area contributed by atoms with E-state index in [-0.39, 0.29) is 45.3 Å². The molecule has 8 nitrogen and oxygen atoms in total. The Labute approximate surface area is 240 Å². The third-order valence-corrected chi connectivity index (χ3v) is 7.38. The topological polar surface area (TPSA) is 95.2 Å². The van der Waals surface area contributed by atoms with Gasteiger partial charge in [0.05, 0.1) is 42.5 Å². The molecule has 42 heavy (non-hydrogen) atoms. The Hall–Kier alpha value is -4.90. The molecule has 5 aromatic rings. The maximum Gasteiger partial charge on any atom is 0.336 e. The third kappa shape index (κ3) is 4.51. The van der Waals surface area contributed by atoms with E-state index in [1.165, 1.54) is 19.4 Å². The van der Waals surface area contributed by atoms with Crippen LogP contribution in [0.25, 0.3) is 27.7 Å². The number of hydrogen-bond donors (Lipinski definition) is 1. The van der Waals surface area contributed by atoms with E-state index in [0.717, 1.165) is 21.3 Å². The predicted octanol–water partition coefficient (Wildman–Crippen LogP) is 5.15. The van der Waals surface area contributed by atoms with Crippen LogP contribution in [-0.4, -0.2) is 27.1 Å². The number of nitrogens with zero attached hydrogens (tertiary/aromatic N) is 3. The van der Waals surface area contributed by atoms with Gasteiger partial charge in [-0.05, 0) is 71.6 Å². The number of hydrogen-bond acceptors (Lipinski definition) is 5. The van der Waals surface area contributed by atoms with E-state index < -0.39 is 35.2 Å². The number of amides is 1. The van der Waals surface area contributed by atoms with Gasteiger partial charge in [-0.25, -0.2) is 22.5 Å². The van der Waals surface area contributed by atoms with Gasteiger partial charge in [-0.3, -0.25) is 19.1 Å². The molecule has 0 saturated carbocycles. The van der Waals surface area contributed by atoms with Crippen molar-refractivity contribution in [3.8, 4) is 22.6 Å². The summed E-state index contributed by atoms with van der Waals surface area (Å²) in [7, 11) is 1.35. The number of aromatic nitrogens is 3. The van der Waals surface area contributed by atoms with Gasteiger partial charge in [-0.2, -0.15) is 0 Å². The van der Waals surface area contributed by atoms with Crippen LogP contribution in [-0.2, 0) is 17.8 Å². The Balaban J connectivity index is 1.68. The second kappa shape index (κ2) is 10.2. The Bertz CT molecular complexity index is 2070. The molecule has 12 heteroatoms. The van der Waals surface area contributed by atoms with E-state index in [4.69, 9.17) is 16.3 Å². The zero-order chi connectivity index (χ0) is 29.9. The molecule has 3 aromatic carbocycles. The van der Waals surface area contributed by atoms with Crippen LogP contribution in [0.3, 0.4) is 0 Å². The molecule has 1 amide bonds. The van der Waals surface area contributed by atoms with E-state index >= 15 is 0 Å². The molecule has 0 saturated heterocycles. The van der Waals surface area contributed by atoms with E-state index in [9.17, 15) is 27.6 Å². The molecule has 0 atom stereocenters. The van der Waals surface area contributed by atoms with Gasteiger partial charge >= 0.3 is 5.69 Å². The quantitative estimate of drug-likeness (QED) is 0.285. The first kappa shape index (κ1) is 27.3. The Morgan fingerprint density at radius 1 is 1.00 bits per heavy atom. The molecule has 0 aliphatic carbocycles. The fourth-order valence-corrected chi connectivity index (χ4v) is 5.43. The lowest BCUT2D eigenvalue weighted by molar-refractivity contribution is -0.115. The summed E-state index contributed by atoms with van der Waals surface area (Å²) in [4.78, 5) is 43.9. The van der Waals surface area contributed by atoms with Crippen molar-refractivity contribution in [3.05, 3.63) is 115 Å². The normalized spacial score (nSPS) is 12.5. The highest BCUT2D eigenvalue weighted by molar-refractivity contribution is 6.34. The van der Waals surface area contributed by atoms with Crippen molar-refractivity contribution in [3.63, 3.8) is 0 Å². The van der Waals surface area contributed by atoms with Gasteiger partial charge in [0.25, 0.3) is 5.56 Å². The molecule has 0 fully saturated rings. The second-order valence-electron chi connectivity index (χ2n) is 9.89. The van der Waals surface area contributed by atoms with Crippen LogP contribution < -0.4 is 21.3 Å². The summed E-state index contributed by atoms with van der Waals surface area (Å²) in [6.45, 7) is 1.31. The minimum absolute atomic E-state index is 0.000427. The molecule has 3 heterocycles. The summed E-state index contributed by atoms with van der Waals surface area (Å²) >= 11 is 6.59. The molecule has 0 spiro atoms. The number of fused-ring (bicyclic) bond motifs is 2. The molecule has 0 unspecified atom stereocenters. The third-order valence-electron chi connectivity index (χ3n) is 7.06. The van der Waals surface area contributed by atoms with Crippen molar-refractivity contribution in [2.24, 2.45) is 0 Å². The van der Waals surface area contributed by atoms with Gasteiger partial charge in [0, 0.05) is 17.4 Å². The standard InChI is InChI=1S/C30H20ClF3N4O4/c1-14-3-18(12-35-11-14)38-29(40)27-24(37(30(38)41)13-15-4-21(32)28(34)22(33)5-15)7-16(8-25(27)42-2)19-6-17-9-26(39)36-23(17)10-20(19)31/h3-8,10-12H,9,13H2,1-2H3,(H,36,39). The van der Waals surface area contributed by atoms with Crippen LogP contribution in [0.4, 0.5) is 18.9 Å². The minimum atomic E-state index is -1.64. The number of benzene rings is 3. The van der Waals surface area contributed by atoms with Crippen LogP contribution in [0, 0.1) is 24.4 Å². The number of carbonyl (C=O) groups is 1. The maximum absolute atomic E-state index is 14.2. The number of nitrogens with one attached hydrogen (secondary N) is 1. The number of halogens is 4. The van der Waals surface area contributed by atoms with Crippen LogP contribution >= 0.6 is 11.6 Å². The summed E-state index contributed by atoms with van der Waals surface area (Å²) in [6, 6.07) is 9.59. The molecule has 212 valence electrons. The molecular weight excluding hydrogens is 573 g/mol. The zero-order valence-electron chi connectivity index (χ0n) is 22.1. The summed E-state index contributed by atoms with van der Waals surface area (Å²) in [6.07, 6.45) is 3.03. The molecule has 1 aliphatic rings. The lowest BCUT2D eigenvalue weighted by atomic mass is 9.99. The van der Waals surface area contributed by atoms with Crippen molar-refractivity contribution in [1.82, 2.24) is 14.1 Å². The first-order valence-corrected chi connectivity index (χ1v) is 13.0. The number of pyridine rings is 1. The first-order chi connectivity index (χ1) is 20.0. The molecule has 6 rings (SSSR count). The highest BCUT2D eigenvalue weighted by atomic mass is 35.5. The van der Waals surface area contributed by atoms with Crippen molar-refractivity contribution in [2.45, 2.75) is 19.9 Å². The number of rotatable bonds is 5. The number of anilines is 1. The Kier molecular flexibility index (Phi) is 6.61. The van der Waals surface area contributed by atoms with Crippen LogP contribution in [0.2, 0.25) is 5.02 Å². The van der Waals surface area contributed by atoms with Crippen molar-refractivity contribution in [1.29, 1.82) is 0 Å². The fraction of sp³-hybridized carbons (Fsp3) is 0.133. The SMILES string of the molecule is COc1cc(-c2cc3c(cc2Cl)NC(=O)C3)cc2c1c(=O)n(-c1cncc(C)c1)c(=O)n2Cc1cc(F)c(F)c(F)c1. The molecule has 1 N–H and O–H groups in total. The van der Waals surface area contributed by atoms with Crippen molar-refractivity contribution in [2.75, 3.05) is 12.4 Å². The number of ether oxygens (including phenoxy) is 1. The van der Waals surface area contributed by atoms with Crippen molar-refractivity contribution < 1.29 is 22.7 Å². The predicted molar refractivity (Wildman–Crippen MR) is 151 cm³/mol. The van der Waals surface area contributed by atoms with Gasteiger partial charge in [-0.15, -0.1) is 0 Å². The smallest absolute Gasteiger partial charge is 0.336 e. The fourth-order valence-electron chi connectivity index (χ4n) is 5.16. The summed E-state index contributed by atoms with van der Waals surface area (Å²) in [5.74, 6) is -4.59. The largest absolute Gasteiger partial charge is 0.496 e. The number of carbonyl (C=O) groups excluding carboxylic acids is 1. The molecule has 2 aromatic heterocycles. The molecular formula is C30H20ClF3N4O4. The summed E-state index contributed by atoms with van der Waals surface area (Å²) < 4.78 is 49.7. The van der Waals surface area contributed by atoms with Crippen molar-refractivity contribution >= 4 is 34.1 Å². The lowest BCUT2D eigenvalue weighted by Crippen LogP contribution is -2.39. The van der Waals surface area contributed by atoms with Crippen LogP contribution in [0.15, 0.2) is 64.4 Å². The molecule has 0 radical (unpaired) electrons. The van der Waals surface area contributed by atoms with E-state index in [2.05, 4.69) is 10.3 Å². The van der Waals surface area contributed by atoms with E-state index in [0.29, 0.717) is 27.9 Å². The number of methoxy groups -OCH3 is 1. The average molecular weight is 593 g/mol. The highest BCUT2D eigenvalue weighted by Gasteiger charge is 2.24. The van der Waals surface area contributed by atoms with Gasteiger partial charge in [0.1, 0.15) is 11.1 Å². The first-order valence-electron chi connectivity index (χ1n) is 12.6. The van der Waals surface area contributed by atoms with E-state index in [1.54, 1.807) is 37.4 Å². The highest BCUT2D eigenvalue weighted by Crippen LogP contribution is 2.38. The van der Waals surface area contributed by atoms with E-state index in [1.807, 2.05) is 0 Å². The van der Waals surface area contributed by atoms with Gasteiger partial charge < -0.3 is 10.1 Å². The second-order valence-corrected chi connectivity index (χ2v) is 10.3. The minimum Gasteiger partial charge on any atom is -0.496 e. The Morgan fingerprint density at radius 3 is 2.43 bits per heavy atom. The summed E-state index contributed by atoms with van der Waals surface area (Å²) in [5.41, 5.74) is 1.54. The zero-order valence-corrected chi connectivity index (χ0v) is 22.9. The molecule has 0 bridgehead atoms. The number of aryl methyl sites for hydroxylation is 1. The van der Waals surface area contributed by atoms with Crippen LogP contribution in [0.5, 0.6) is 5.75 Å². The van der Waals surface area contributed by atoms with Gasteiger partial charge in [0.15, 0.2) is 17.5 Å². The Morgan fingerprint density at radius 2 is 1.74 bits per heavy atom. The maximum atomic E-state index is 14.2. The molecule has 1 aliphatic heterocycles. The van der Waals surface area contributed by atoms with Crippen LogP contribution in [0.1, 0.15) is 16.7 Å². The summed E-state index contributed by atoms with van der Waals surface area (Å²) in [5, 5.41) is 3.01. The monoisotopic (exact) mass is 592 g/mol. The average Bonchev–Trinajstić information content (AvgIpc) is 3.31.